The number of ether oxygens (including phenoxy) is 2. The van der Waals surface area contributed by atoms with Crippen molar-refractivity contribution < 1.29 is 29.3 Å². The van der Waals surface area contributed by atoms with Crippen molar-refractivity contribution in [1.82, 2.24) is 0 Å². The molecule has 6 heteroatoms. The minimum Gasteiger partial charge on any atom is -0.478 e. The first-order valence-corrected chi connectivity index (χ1v) is 10.1. The van der Waals surface area contributed by atoms with Gasteiger partial charge in [0.2, 0.25) is 0 Å². The Hall–Kier alpha value is -4.24. The van der Waals surface area contributed by atoms with Crippen LogP contribution in [0.3, 0.4) is 0 Å². The van der Waals surface area contributed by atoms with Gasteiger partial charge in [0.15, 0.2) is 0 Å². The first kappa shape index (κ1) is 22.4. The summed E-state index contributed by atoms with van der Waals surface area (Å²) in [5.74, 6) is 6.14. The van der Waals surface area contributed by atoms with E-state index in [0.717, 1.165) is 19.3 Å². The zero-order valence-electron chi connectivity index (χ0n) is 17.5. The summed E-state index contributed by atoms with van der Waals surface area (Å²) >= 11 is 0. The van der Waals surface area contributed by atoms with E-state index < -0.39 is 11.9 Å². The third kappa shape index (κ3) is 6.38. The number of benzene rings is 3. The van der Waals surface area contributed by atoms with Crippen LogP contribution in [0.2, 0.25) is 0 Å². The standard InChI is InChI=1S/C26H22O6/c1-2-3-4-5-6-18-15-23(31-21-11-7-19(8-12-21)25(27)28)17-24(16-18)32-22-13-9-20(10-14-22)26(29)30/h7-17H,2-4H2,1H3,(H,27,28)(H,29,30). The smallest absolute Gasteiger partial charge is 0.335 e. The van der Waals surface area contributed by atoms with Crippen molar-refractivity contribution in [3.63, 3.8) is 0 Å². The van der Waals surface area contributed by atoms with Gasteiger partial charge in [0.25, 0.3) is 0 Å². The van der Waals surface area contributed by atoms with E-state index >= 15 is 0 Å². The summed E-state index contributed by atoms with van der Waals surface area (Å²) in [6.45, 7) is 2.10. The zero-order chi connectivity index (χ0) is 22.9. The molecule has 3 rings (SSSR count). The van der Waals surface area contributed by atoms with Gasteiger partial charge in [-0.15, -0.1) is 0 Å². The molecule has 32 heavy (non-hydrogen) atoms. The van der Waals surface area contributed by atoms with Crippen molar-refractivity contribution in [2.24, 2.45) is 0 Å². The van der Waals surface area contributed by atoms with Gasteiger partial charge in [-0.2, -0.15) is 0 Å². The van der Waals surface area contributed by atoms with Crippen LogP contribution in [-0.4, -0.2) is 22.2 Å². The number of aromatic carboxylic acids is 2. The fraction of sp³-hybridized carbons (Fsp3) is 0.154. The molecule has 6 nitrogen and oxygen atoms in total. The molecular weight excluding hydrogens is 408 g/mol. The van der Waals surface area contributed by atoms with Crippen LogP contribution in [0.15, 0.2) is 66.7 Å². The highest BCUT2D eigenvalue weighted by Crippen LogP contribution is 2.30. The van der Waals surface area contributed by atoms with Crippen LogP contribution in [0.25, 0.3) is 0 Å². The first-order valence-electron chi connectivity index (χ1n) is 10.1. The molecule has 0 aliphatic carbocycles. The molecule has 0 amide bonds. The Morgan fingerprint density at radius 3 is 1.62 bits per heavy atom. The van der Waals surface area contributed by atoms with Crippen molar-refractivity contribution >= 4 is 11.9 Å². The molecule has 162 valence electrons. The van der Waals surface area contributed by atoms with Crippen molar-refractivity contribution in [3.05, 3.63) is 83.4 Å². The molecule has 0 atom stereocenters. The van der Waals surface area contributed by atoms with Crippen LogP contribution in [0.5, 0.6) is 23.0 Å². The maximum absolute atomic E-state index is 11.0. The number of unbranched alkanes of at least 4 members (excludes halogenated alkanes) is 2. The molecule has 0 heterocycles. The summed E-state index contributed by atoms with van der Waals surface area (Å²) in [7, 11) is 0. The number of carboxylic acid groups (broad SMARTS) is 2. The van der Waals surface area contributed by atoms with Gasteiger partial charge in [0, 0.05) is 18.1 Å². The molecule has 0 aromatic heterocycles. The maximum Gasteiger partial charge on any atom is 0.335 e. The van der Waals surface area contributed by atoms with Crippen LogP contribution < -0.4 is 9.47 Å². The van der Waals surface area contributed by atoms with E-state index in [4.69, 9.17) is 19.7 Å². The van der Waals surface area contributed by atoms with Gasteiger partial charge in [-0.3, -0.25) is 0 Å². The van der Waals surface area contributed by atoms with Crippen molar-refractivity contribution in [1.29, 1.82) is 0 Å². The van der Waals surface area contributed by atoms with E-state index in [2.05, 4.69) is 18.8 Å². The topological polar surface area (TPSA) is 93.1 Å². The van der Waals surface area contributed by atoms with E-state index in [0.29, 0.717) is 28.6 Å². The minimum atomic E-state index is -1.01. The third-order valence-corrected chi connectivity index (χ3v) is 4.44. The van der Waals surface area contributed by atoms with Gasteiger partial charge < -0.3 is 19.7 Å². The van der Waals surface area contributed by atoms with Gasteiger partial charge in [0.1, 0.15) is 23.0 Å². The van der Waals surface area contributed by atoms with Gasteiger partial charge in [-0.05, 0) is 67.1 Å². The summed E-state index contributed by atoms with van der Waals surface area (Å²) in [4.78, 5) is 22.1. The lowest BCUT2D eigenvalue weighted by molar-refractivity contribution is 0.0686. The molecule has 3 aromatic rings. The van der Waals surface area contributed by atoms with Gasteiger partial charge in [0.05, 0.1) is 11.1 Å². The summed E-state index contributed by atoms with van der Waals surface area (Å²) < 4.78 is 11.8. The number of hydrogen-bond acceptors (Lipinski definition) is 4. The van der Waals surface area contributed by atoms with Crippen LogP contribution in [0.4, 0.5) is 0 Å². The van der Waals surface area contributed by atoms with Crippen LogP contribution in [-0.2, 0) is 0 Å². The minimum absolute atomic E-state index is 0.168. The summed E-state index contributed by atoms with van der Waals surface area (Å²) in [5, 5.41) is 18.1. The highest BCUT2D eigenvalue weighted by molar-refractivity contribution is 5.88. The van der Waals surface area contributed by atoms with Gasteiger partial charge >= 0.3 is 11.9 Å². The van der Waals surface area contributed by atoms with E-state index in [-0.39, 0.29) is 11.1 Å². The monoisotopic (exact) mass is 430 g/mol. The van der Waals surface area contributed by atoms with Crippen molar-refractivity contribution in [2.75, 3.05) is 0 Å². The van der Waals surface area contributed by atoms with Gasteiger partial charge in [-0.25, -0.2) is 9.59 Å². The van der Waals surface area contributed by atoms with E-state index in [9.17, 15) is 9.59 Å². The molecule has 0 aliphatic rings. The average Bonchev–Trinajstić information content (AvgIpc) is 2.77. The second-order valence-corrected chi connectivity index (χ2v) is 6.96. The Morgan fingerprint density at radius 2 is 1.22 bits per heavy atom. The molecule has 0 aliphatic heterocycles. The van der Waals surface area contributed by atoms with E-state index in [1.807, 2.05) is 0 Å². The molecule has 0 unspecified atom stereocenters. The van der Waals surface area contributed by atoms with Crippen LogP contribution >= 0.6 is 0 Å². The Kier molecular flexibility index (Phi) is 7.50. The predicted molar refractivity (Wildman–Crippen MR) is 120 cm³/mol. The predicted octanol–water partition coefficient (Wildman–Crippen LogP) is 6.21. The molecule has 0 spiro atoms. The maximum atomic E-state index is 11.0. The number of carbonyl (C=O) groups is 2. The van der Waals surface area contributed by atoms with Crippen LogP contribution in [0.1, 0.15) is 52.5 Å². The molecule has 0 saturated carbocycles. The SMILES string of the molecule is CCCCC#Cc1cc(Oc2ccc(C(=O)O)cc2)cc(Oc2ccc(C(=O)O)cc2)c1. The van der Waals surface area contributed by atoms with E-state index in [1.165, 1.54) is 24.3 Å². The molecular formula is C26H22O6. The Bertz CT molecular complexity index is 1070. The lowest BCUT2D eigenvalue weighted by Crippen LogP contribution is -1.96. The fourth-order valence-electron chi connectivity index (χ4n) is 2.79. The third-order valence-electron chi connectivity index (χ3n) is 4.44. The lowest BCUT2D eigenvalue weighted by atomic mass is 10.1. The van der Waals surface area contributed by atoms with Crippen molar-refractivity contribution in [3.8, 4) is 34.8 Å². The number of carboxylic acids is 2. The molecule has 0 fully saturated rings. The molecule has 2 N–H and O–H groups in total. The Labute approximate surface area is 186 Å². The number of rotatable bonds is 8. The van der Waals surface area contributed by atoms with E-state index in [1.54, 1.807) is 42.5 Å². The average molecular weight is 430 g/mol. The zero-order valence-corrected chi connectivity index (χ0v) is 17.5. The molecule has 0 bridgehead atoms. The lowest BCUT2D eigenvalue weighted by Gasteiger charge is -2.11. The summed E-state index contributed by atoms with van der Waals surface area (Å²) in [5.41, 5.74) is 1.04. The first-order chi connectivity index (χ1) is 15.4. The summed E-state index contributed by atoms with van der Waals surface area (Å²) in [6.07, 6.45) is 2.86. The van der Waals surface area contributed by atoms with Crippen molar-refractivity contribution in [2.45, 2.75) is 26.2 Å². The highest BCUT2D eigenvalue weighted by Gasteiger charge is 2.08. The second kappa shape index (κ2) is 10.7. The Balaban J connectivity index is 1.86. The van der Waals surface area contributed by atoms with Crippen LogP contribution in [0, 0.1) is 11.8 Å². The largest absolute Gasteiger partial charge is 0.478 e. The molecule has 0 saturated heterocycles. The second-order valence-electron chi connectivity index (χ2n) is 6.96. The Morgan fingerprint density at radius 1 is 0.750 bits per heavy atom. The quantitative estimate of drug-likeness (QED) is 0.326. The molecule has 3 aromatic carbocycles. The molecule has 0 radical (unpaired) electrons. The number of hydrogen-bond donors (Lipinski definition) is 2. The highest BCUT2D eigenvalue weighted by atomic mass is 16.5. The normalized spacial score (nSPS) is 10.0. The van der Waals surface area contributed by atoms with Gasteiger partial charge in [-0.1, -0.05) is 25.2 Å². The fourth-order valence-corrected chi connectivity index (χ4v) is 2.79. The summed E-state index contributed by atoms with van der Waals surface area (Å²) in [6, 6.07) is 17.4.